The summed E-state index contributed by atoms with van der Waals surface area (Å²) in [6, 6.07) is 3.23. The molecule has 0 aliphatic rings. The van der Waals surface area contributed by atoms with Crippen molar-refractivity contribution < 1.29 is 23.7 Å². The number of thioether (sulfide) groups is 1. The first kappa shape index (κ1) is 26.4. The van der Waals surface area contributed by atoms with E-state index in [0.29, 0.717) is 59.9 Å². The summed E-state index contributed by atoms with van der Waals surface area (Å²) in [5, 5.41) is 12.2. The molecule has 0 unspecified atom stereocenters. The van der Waals surface area contributed by atoms with Gasteiger partial charge < -0.3 is 29.6 Å². The second kappa shape index (κ2) is 13.0. The van der Waals surface area contributed by atoms with Gasteiger partial charge in [-0.3, -0.25) is 4.79 Å². The topological polar surface area (TPSA) is 122 Å². The Morgan fingerprint density at radius 1 is 1.06 bits per heavy atom. The number of amides is 1. The van der Waals surface area contributed by atoms with E-state index in [4.69, 9.17) is 23.9 Å². The maximum absolute atomic E-state index is 12.8. The van der Waals surface area contributed by atoms with Gasteiger partial charge in [0.2, 0.25) is 5.75 Å². The summed E-state index contributed by atoms with van der Waals surface area (Å²) in [6.45, 7) is 4.08. The number of nitrogens with one attached hydrogen (secondary N) is 2. The fourth-order valence-electron chi connectivity index (χ4n) is 3.35. The lowest BCUT2D eigenvalue weighted by Gasteiger charge is -2.14. The van der Waals surface area contributed by atoms with Crippen molar-refractivity contribution >= 4 is 34.5 Å². The lowest BCUT2D eigenvalue weighted by Crippen LogP contribution is -2.27. The number of aromatic nitrogens is 4. The van der Waals surface area contributed by atoms with Crippen LogP contribution in [0.15, 0.2) is 23.5 Å². The van der Waals surface area contributed by atoms with Crippen molar-refractivity contribution in [3.05, 3.63) is 23.9 Å². The minimum atomic E-state index is -0.267. The van der Waals surface area contributed by atoms with E-state index in [1.807, 2.05) is 0 Å². The van der Waals surface area contributed by atoms with Gasteiger partial charge in [-0.15, -0.1) is 0 Å². The molecule has 0 saturated heterocycles. The highest BCUT2D eigenvalue weighted by Gasteiger charge is 2.17. The van der Waals surface area contributed by atoms with E-state index in [-0.39, 0.29) is 5.91 Å². The number of carbonyl (C=O) groups excluding carboxylic acids is 1. The van der Waals surface area contributed by atoms with E-state index in [0.717, 1.165) is 23.4 Å². The van der Waals surface area contributed by atoms with Crippen molar-refractivity contribution in [1.29, 1.82) is 0 Å². The van der Waals surface area contributed by atoms with Crippen molar-refractivity contribution in [2.24, 2.45) is 0 Å². The quantitative estimate of drug-likeness (QED) is 0.192. The Labute approximate surface area is 208 Å². The molecule has 2 N–H and O–H groups in total. The molecule has 11 nitrogen and oxygen atoms in total. The first-order valence-corrected chi connectivity index (χ1v) is 12.2. The highest BCUT2D eigenvalue weighted by atomic mass is 32.2. The highest BCUT2D eigenvalue weighted by Crippen LogP contribution is 2.38. The van der Waals surface area contributed by atoms with Gasteiger partial charge in [-0.2, -0.15) is 5.10 Å². The molecule has 0 spiro atoms. The maximum atomic E-state index is 12.8. The van der Waals surface area contributed by atoms with E-state index in [9.17, 15) is 4.79 Å². The van der Waals surface area contributed by atoms with Crippen LogP contribution in [0.4, 0.5) is 5.82 Å². The third kappa shape index (κ3) is 6.45. The molecule has 0 atom stereocenters. The Morgan fingerprint density at radius 2 is 1.80 bits per heavy atom. The molecule has 0 radical (unpaired) electrons. The Bertz CT molecular complexity index is 1110. The van der Waals surface area contributed by atoms with Crippen LogP contribution in [0.5, 0.6) is 17.2 Å². The van der Waals surface area contributed by atoms with Gasteiger partial charge in [-0.1, -0.05) is 18.7 Å². The zero-order valence-electron chi connectivity index (χ0n) is 20.7. The van der Waals surface area contributed by atoms with E-state index < -0.39 is 0 Å². The predicted molar refractivity (Wildman–Crippen MR) is 135 cm³/mol. The molecular weight excluding hydrogens is 472 g/mol. The second-order valence-electron chi connectivity index (χ2n) is 7.40. The van der Waals surface area contributed by atoms with Gasteiger partial charge in [0, 0.05) is 31.5 Å². The molecule has 190 valence electrons. The smallest absolute Gasteiger partial charge is 0.251 e. The Balaban J connectivity index is 1.75. The Kier molecular flexibility index (Phi) is 9.79. The largest absolute Gasteiger partial charge is 0.493 e. The summed E-state index contributed by atoms with van der Waals surface area (Å²) in [5.41, 5.74) is 1.11. The van der Waals surface area contributed by atoms with Crippen LogP contribution in [0.25, 0.3) is 11.0 Å². The number of nitrogens with zero attached hydrogens (tertiary/aromatic N) is 4. The lowest BCUT2D eigenvalue weighted by molar-refractivity contribution is 0.0951. The summed E-state index contributed by atoms with van der Waals surface area (Å²) < 4.78 is 22.9. The summed E-state index contributed by atoms with van der Waals surface area (Å²) >= 11 is 1.60. The number of carbonyl (C=O) groups is 1. The van der Waals surface area contributed by atoms with Gasteiger partial charge in [-0.25, -0.2) is 14.6 Å². The van der Waals surface area contributed by atoms with Crippen molar-refractivity contribution in [2.75, 3.05) is 59.2 Å². The SMILES string of the molecule is CCCSc1nc(NCCOC)c2cnn(CCNC(=O)c3cc(OC)c(OC)c(OC)c3)c2n1. The van der Waals surface area contributed by atoms with E-state index in [2.05, 4.69) is 27.6 Å². The zero-order chi connectivity index (χ0) is 25.2. The third-order valence-electron chi connectivity index (χ3n) is 5.05. The van der Waals surface area contributed by atoms with Gasteiger partial charge in [0.25, 0.3) is 5.91 Å². The number of fused-ring (bicyclic) bond motifs is 1. The average Bonchev–Trinajstić information content (AvgIpc) is 3.29. The monoisotopic (exact) mass is 504 g/mol. The number of benzene rings is 1. The van der Waals surface area contributed by atoms with Crippen LogP contribution in [-0.4, -0.2) is 79.5 Å². The van der Waals surface area contributed by atoms with Gasteiger partial charge >= 0.3 is 0 Å². The van der Waals surface area contributed by atoms with Crippen LogP contribution in [-0.2, 0) is 11.3 Å². The molecule has 35 heavy (non-hydrogen) atoms. The van der Waals surface area contributed by atoms with Crippen LogP contribution in [0.1, 0.15) is 23.7 Å². The Hall–Kier alpha value is -3.25. The summed E-state index contributed by atoms with van der Waals surface area (Å²) in [6.07, 6.45) is 2.75. The van der Waals surface area contributed by atoms with Gasteiger partial charge in [0.1, 0.15) is 5.82 Å². The number of anilines is 1. The molecule has 0 aliphatic carbocycles. The maximum Gasteiger partial charge on any atom is 0.251 e. The predicted octanol–water partition coefficient (Wildman–Crippen LogP) is 2.84. The molecule has 0 bridgehead atoms. The van der Waals surface area contributed by atoms with Crippen molar-refractivity contribution in [3.8, 4) is 17.2 Å². The molecule has 1 aromatic carbocycles. The van der Waals surface area contributed by atoms with E-state index in [1.54, 1.807) is 41.9 Å². The summed E-state index contributed by atoms with van der Waals surface area (Å²) in [4.78, 5) is 22.2. The number of hydrogen-bond acceptors (Lipinski definition) is 10. The molecule has 0 fully saturated rings. The van der Waals surface area contributed by atoms with Gasteiger partial charge in [0.15, 0.2) is 22.3 Å². The van der Waals surface area contributed by atoms with Gasteiger partial charge in [0.05, 0.1) is 46.1 Å². The fourth-order valence-corrected chi connectivity index (χ4v) is 4.05. The minimum absolute atomic E-state index is 0.267. The first-order chi connectivity index (χ1) is 17.1. The molecule has 3 rings (SSSR count). The standard InChI is InChI=1S/C23H32N6O5S/c1-6-11-35-23-27-20(24-8-10-31-2)16-14-26-29(21(16)28-23)9-7-25-22(30)15-12-17(32-3)19(34-5)18(13-15)33-4/h12-14H,6-11H2,1-5H3,(H,25,30)(H,24,27,28). The zero-order valence-corrected chi connectivity index (χ0v) is 21.5. The van der Waals surface area contributed by atoms with Gasteiger partial charge in [-0.05, 0) is 18.6 Å². The average molecular weight is 505 g/mol. The normalized spacial score (nSPS) is 10.9. The molecular formula is C23H32N6O5S. The van der Waals surface area contributed by atoms with Crippen molar-refractivity contribution in [1.82, 2.24) is 25.1 Å². The first-order valence-electron chi connectivity index (χ1n) is 11.2. The highest BCUT2D eigenvalue weighted by molar-refractivity contribution is 7.99. The molecule has 12 heteroatoms. The van der Waals surface area contributed by atoms with E-state index in [1.165, 1.54) is 21.3 Å². The van der Waals surface area contributed by atoms with Crippen LogP contribution in [0.3, 0.4) is 0 Å². The Morgan fingerprint density at radius 3 is 2.43 bits per heavy atom. The molecule has 3 aromatic rings. The van der Waals surface area contributed by atoms with Crippen LogP contribution in [0, 0.1) is 0 Å². The van der Waals surface area contributed by atoms with Crippen LogP contribution >= 0.6 is 11.8 Å². The number of ether oxygens (including phenoxy) is 4. The van der Waals surface area contributed by atoms with Crippen LogP contribution < -0.4 is 24.8 Å². The molecule has 0 saturated carbocycles. The lowest BCUT2D eigenvalue weighted by atomic mass is 10.1. The number of methoxy groups -OCH3 is 4. The van der Waals surface area contributed by atoms with Crippen molar-refractivity contribution in [2.45, 2.75) is 25.0 Å². The van der Waals surface area contributed by atoms with Crippen molar-refractivity contribution in [3.63, 3.8) is 0 Å². The molecule has 0 aliphatic heterocycles. The van der Waals surface area contributed by atoms with Crippen LogP contribution in [0.2, 0.25) is 0 Å². The molecule has 1 amide bonds. The summed E-state index contributed by atoms with van der Waals surface area (Å²) in [5.74, 6) is 2.63. The number of hydrogen-bond donors (Lipinski definition) is 2. The molecule has 2 aromatic heterocycles. The van der Waals surface area contributed by atoms with E-state index >= 15 is 0 Å². The molecule has 2 heterocycles. The second-order valence-corrected chi connectivity index (χ2v) is 8.46. The number of rotatable bonds is 14. The minimum Gasteiger partial charge on any atom is -0.493 e. The fraction of sp³-hybridized carbons (Fsp3) is 0.478. The third-order valence-corrected chi connectivity index (χ3v) is 6.10. The summed E-state index contributed by atoms with van der Waals surface area (Å²) in [7, 11) is 6.19.